The number of carbonyl (C=O) groups is 2. The second-order valence-corrected chi connectivity index (χ2v) is 27.5. The molecule has 2 aliphatic rings. The SMILES string of the molecule is CC[C@H](C)C(=O)O[C@H]1C[C@H](O)C=C2C=C[C@H](C)[C@H](CC[C@@H](O)C[C@@H](O)CC(=O)O)[C@H]21.COc1c(O)c(C)c(C/C=C(\C)CC/C=C(\C)CC/C=C(\C)CC/C=C(\C)CC/C=C(\C)CC/C=C(/C)CC/C=C(\C)CC/C=C(\C)CC/C=C(\C)CCC=C(C)C)c(O)c1OC.[Na]. The van der Waals surface area contributed by atoms with Crippen LogP contribution in [0, 0.1) is 30.6 Å². The Bertz CT molecular complexity index is 2840. The fourth-order valence-electron chi connectivity index (χ4n) is 12.1. The van der Waals surface area contributed by atoms with Crippen molar-refractivity contribution < 1.29 is 54.4 Å². The van der Waals surface area contributed by atoms with Crippen molar-refractivity contribution in [2.45, 2.75) is 289 Å². The van der Waals surface area contributed by atoms with Crippen molar-refractivity contribution in [3.05, 3.63) is 151 Å². The molecule has 1 aromatic carbocycles. The molecule has 0 amide bonds. The van der Waals surface area contributed by atoms with Gasteiger partial charge in [-0.05, 0) is 248 Å². The number of hydrogen-bond acceptors (Lipinski definition) is 10. The van der Waals surface area contributed by atoms with Gasteiger partial charge in [0.2, 0.25) is 11.5 Å². The van der Waals surface area contributed by atoms with Gasteiger partial charge in [-0.3, -0.25) is 9.59 Å². The Morgan fingerprint density at radius 3 is 1.32 bits per heavy atom. The number of carbonyl (C=O) groups excluding carboxylic acids is 1. The van der Waals surface area contributed by atoms with Crippen LogP contribution in [0.25, 0.3) is 0 Å². The van der Waals surface area contributed by atoms with Crippen molar-refractivity contribution in [2.24, 2.45) is 23.7 Å². The molecule has 0 bridgehead atoms. The first-order valence-corrected chi connectivity index (χ1v) is 35.2. The number of allylic oxidation sites excluding steroid dienone is 22. The van der Waals surface area contributed by atoms with Gasteiger partial charge in [-0.2, -0.15) is 0 Å². The summed E-state index contributed by atoms with van der Waals surface area (Å²) in [5.41, 5.74) is 16.9. The van der Waals surface area contributed by atoms with Crippen LogP contribution in [-0.4, -0.2) is 111 Å². The number of benzene rings is 1. The first-order chi connectivity index (χ1) is 44.1. The Morgan fingerprint density at radius 2 is 0.957 bits per heavy atom. The quantitative estimate of drug-likeness (QED) is 0.0159. The number of aromatic hydroxyl groups is 2. The summed E-state index contributed by atoms with van der Waals surface area (Å²) < 4.78 is 16.4. The number of esters is 1. The van der Waals surface area contributed by atoms with E-state index in [2.05, 4.69) is 150 Å². The minimum atomic E-state index is -1.10. The van der Waals surface area contributed by atoms with Gasteiger partial charge in [-0.15, -0.1) is 0 Å². The Kier molecular flexibility index (Phi) is 45.2. The molecule has 6 N–H and O–H groups in total. The van der Waals surface area contributed by atoms with E-state index in [1.807, 2.05) is 26.0 Å². The standard InChI is InChI=1S/C59H92O4.C23H36O7.Na/c1-44(2)24-15-25-45(3)26-16-27-46(4)28-17-29-47(5)30-18-31-48(6)32-19-33-49(7)34-20-35-50(8)36-21-37-51(9)38-22-39-52(10)40-23-41-53(11)42-43-55-54(12)56(60)58(62-13)59(63-14)57(55)61;1-4-13(2)23(29)30-20-11-17(25)9-15-6-5-14(3)19(22(15)20)8-7-16(24)10-18(26)12-21(27)28;/h24,26,28,30,32,34,36,38,40,42,60-61H,15-23,25,27,29,31,33,35,37,39,41,43H2,1-14H3;5-6,9,13-14,16-20,22,24-26H,4,7-8,10-12H2,1-3H3,(H,27,28);/b45-26+,46-28+,47-30+,48-32-,49-34+,50-36+,51-38+,52-40+,53-42+;;/t;13-,14-,16+,17+,18+,19-,20-,22-;/m.0./s1. The minimum absolute atomic E-state index is 0. The molecular formula is C82H128NaO11. The third-order valence-corrected chi connectivity index (χ3v) is 18.6. The van der Waals surface area contributed by atoms with Crippen LogP contribution in [0.15, 0.2) is 140 Å². The van der Waals surface area contributed by atoms with E-state index >= 15 is 0 Å². The molecule has 12 heteroatoms. The van der Waals surface area contributed by atoms with Gasteiger partial charge < -0.3 is 44.8 Å². The molecule has 1 aromatic rings. The fraction of sp³-hybridized carbons (Fsp3) is 0.610. The van der Waals surface area contributed by atoms with Crippen LogP contribution in [0.4, 0.5) is 0 Å². The van der Waals surface area contributed by atoms with Crippen LogP contribution in [0.3, 0.4) is 0 Å². The van der Waals surface area contributed by atoms with Crippen LogP contribution < -0.4 is 9.47 Å². The largest absolute Gasteiger partial charge is 0.504 e. The average molecular weight is 1310 g/mol. The minimum Gasteiger partial charge on any atom is -0.504 e. The van der Waals surface area contributed by atoms with Crippen molar-refractivity contribution in [3.8, 4) is 23.0 Å². The summed E-state index contributed by atoms with van der Waals surface area (Å²) in [6.45, 7) is 32.4. The van der Waals surface area contributed by atoms with Crippen molar-refractivity contribution >= 4 is 41.5 Å². The summed E-state index contributed by atoms with van der Waals surface area (Å²) >= 11 is 0. The third kappa shape index (κ3) is 35.9. The summed E-state index contributed by atoms with van der Waals surface area (Å²) in [6, 6.07) is 0. The third-order valence-electron chi connectivity index (χ3n) is 18.6. The molecule has 2 aliphatic carbocycles. The topological polar surface area (TPSA) is 183 Å². The molecule has 11 nitrogen and oxygen atoms in total. The molecule has 8 atom stereocenters. The van der Waals surface area contributed by atoms with Crippen LogP contribution in [0.1, 0.15) is 262 Å². The zero-order valence-electron chi connectivity index (χ0n) is 62.0. The van der Waals surface area contributed by atoms with Crippen LogP contribution in [0.2, 0.25) is 0 Å². The number of rotatable bonds is 41. The van der Waals surface area contributed by atoms with Crippen molar-refractivity contribution in [3.63, 3.8) is 0 Å². The maximum Gasteiger partial charge on any atom is 0.308 e. The Morgan fingerprint density at radius 1 is 0.585 bits per heavy atom. The summed E-state index contributed by atoms with van der Waals surface area (Å²) in [5.74, 6) is -0.954. The number of hydrogen-bond donors (Lipinski definition) is 6. The summed E-state index contributed by atoms with van der Waals surface area (Å²) in [4.78, 5) is 23.1. The molecule has 0 heterocycles. The fourth-order valence-corrected chi connectivity index (χ4v) is 12.1. The molecule has 0 unspecified atom stereocenters. The summed E-state index contributed by atoms with van der Waals surface area (Å²) in [6.07, 6.45) is 49.3. The van der Waals surface area contributed by atoms with E-state index in [0.717, 1.165) is 102 Å². The van der Waals surface area contributed by atoms with Crippen LogP contribution in [-0.2, 0) is 20.7 Å². The molecule has 0 aromatic heterocycles. The zero-order chi connectivity index (χ0) is 69.6. The Balaban J connectivity index is 0.00000118. The van der Waals surface area contributed by atoms with Gasteiger partial charge in [0.15, 0.2) is 11.5 Å². The second kappa shape index (κ2) is 48.8. The Hall–Kier alpha value is -4.88. The van der Waals surface area contributed by atoms with Crippen molar-refractivity contribution in [1.82, 2.24) is 0 Å². The maximum absolute atomic E-state index is 12.4. The van der Waals surface area contributed by atoms with Gasteiger partial charge in [-0.1, -0.05) is 155 Å². The number of aliphatic hydroxyl groups excluding tert-OH is 3. The number of aliphatic carboxylic acids is 1. The van der Waals surface area contributed by atoms with Gasteiger partial charge >= 0.3 is 11.9 Å². The molecule has 0 aliphatic heterocycles. The molecule has 0 spiro atoms. The predicted octanol–water partition coefficient (Wildman–Crippen LogP) is 20.5. The predicted molar refractivity (Wildman–Crippen MR) is 395 cm³/mol. The smallest absolute Gasteiger partial charge is 0.308 e. The number of carboxylic acid groups (broad SMARTS) is 1. The van der Waals surface area contributed by atoms with E-state index in [1.165, 1.54) is 89.2 Å². The van der Waals surface area contributed by atoms with E-state index in [9.17, 15) is 35.1 Å². The van der Waals surface area contributed by atoms with Gasteiger partial charge in [0.1, 0.15) is 6.10 Å². The Labute approximate surface area is 593 Å². The summed E-state index contributed by atoms with van der Waals surface area (Å²) in [7, 11) is 2.91. The number of phenols is 2. The van der Waals surface area contributed by atoms with Gasteiger partial charge in [-0.25, -0.2) is 0 Å². The molecule has 1 radical (unpaired) electrons. The molecular weight excluding hydrogens is 1180 g/mol. The maximum atomic E-state index is 12.4. The van der Waals surface area contributed by atoms with E-state index in [-0.39, 0.29) is 95.0 Å². The van der Waals surface area contributed by atoms with E-state index in [0.29, 0.717) is 43.2 Å². The first-order valence-electron chi connectivity index (χ1n) is 35.2. The zero-order valence-corrected chi connectivity index (χ0v) is 64.0. The normalized spacial score (nSPS) is 19.5. The molecule has 523 valence electrons. The number of aliphatic hydroxyl groups is 3. The van der Waals surface area contributed by atoms with Crippen LogP contribution in [0.5, 0.6) is 23.0 Å². The van der Waals surface area contributed by atoms with Crippen molar-refractivity contribution in [2.75, 3.05) is 14.2 Å². The van der Waals surface area contributed by atoms with Gasteiger partial charge in [0.25, 0.3) is 0 Å². The molecule has 0 saturated carbocycles. The number of carboxylic acids is 1. The molecule has 94 heavy (non-hydrogen) atoms. The summed E-state index contributed by atoms with van der Waals surface area (Å²) in [5, 5.41) is 60.4. The van der Waals surface area contributed by atoms with E-state index in [1.54, 1.807) is 6.92 Å². The van der Waals surface area contributed by atoms with Gasteiger partial charge in [0, 0.05) is 53.0 Å². The average Bonchev–Trinajstić information content (AvgIpc) is 0.793. The first kappa shape index (κ1) is 87.1. The number of methoxy groups -OCH3 is 2. The van der Waals surface area contributed by atoms with Crippen LogP contribution >= 0.6 is 0 Å². The second-order valence-electron chi connectivity index (χ2n) is 27.5. The number of fused-ring (bicyclic) bond motifs is 1. The monoisotopic (exact) mass is 1310 g/mol. The molecule has 0 fully saturated rings. The van der Waals surface area contributed by atoms with E-state index < -0.39 is 30.4 Å². The van der Waals surface area contributed by atoms with Crippen molar-refractivity contribution in [1.29, 1.82) is 0 Å². The number of phenolic OH excluding ortho intramolecular Hbond substituents is 2. The molecule has 3 rings (SSSR count). The molecule has 0 saturated heterocycles. The number of ether oxygens (including phenoxy) is 3. The van der Waals surface area contributed by atoms with E-state index in [4.69, 9.17) is 19.3 Å². The van der Waals surface area contributed by atoms with Gasteiger partial charge in [0.05, 0.1) is 44.9 Å².